The number of carboxylic acids is 1. The molecule has 0 spiro atoms. The Morgan fingerprint density at radius 2 is 1.46 bits per heavy atom. The number of aromatic nitrogens is 1. The number of nitrogens with one attached hydrogen (secondary N) is 3. The van der Waals surface area contributed by atoms with Crippen LogP contribution in [-0.2, 0) is 27.6 Å². The molecule has 3 aromatic carbocycles. The zero-order chi connectivity index (χ0) is 29.9. The van der Waals surface area contributed by atoms with Gasteiger partial charge in [-0.25, -0.2) is 13.2 Å². The maximum Gasteiger partial charge on any atom is 0.326 e. The molecule has 0 saturated heterocycles. The summed E-state index contributed by atoms with van der Waals surface area (Å²) in [7, 11) is -3.36. The molecule has 14 heteroatoms. The van der Waals surface area contributed by atoms with Crippen molar-refractivity contribution in [2.24, 2.45) is 0 Å². The van der Waals surface area contributed by atoms with Crippen molar-refractivity contribution >= 4 is 62.0 Å². The van der Waals surface area contributed by atoms with E-state index >= 15 is 0 Å². The molecular weight excluding hydrogens is 595 g/mol. The second-order valence-electron chi connectivity index (χ2n) is 9.05. The molecule has 0 aliphatic carbocycles. The van der Waals surface area contributed by atoms with Crippen LogP contribution in [0.15, 0.2) is 75.4 Å². The predicted molar refractivity (Wildman–Crippen MR) is 156 cm³/mol. The van der Waals surface area contributed by atoms with Crippen LogP contribution in [0.25, 0.3) is 0 Å². The van der Waals surface area contributed by atoms with Gasteiger partial charge in [-0.3, -0.25) is 19.4 Å². The summed E-state index contributed by atoms with van der Waals surface area (Å²) in [5.74, 6) is -1.80. The van der Waals surface area contributed by atoms with Crippen LogP contribution in [0.2, 0.25) is 10.0 Å². The lowest BCUT2D eigenvalue weighted by Gasteiger charge is -2.20. The third-order valence-corrected chi connectivity index (χ3v) is 7.78. The van der Waals surface area contributed by atoms with Gasteiger partial charge in [0.05, 0.1) is 20.5 Å². The van der Waals surface area contributed by atoms with Crippen LogP contribution in [0.5, 0.6) is 0 Å². The maximum absolute atomic E-state index is 12.6. The van der Waals surface area contributed by atoms with E-state index in [0.29, 0.717) is 16.8 Å². The van der Waals surface area contributed by atoms with E-state index in [9.17, 15) is 32.7 Å². The molecular formula is C27H22Cl2N4O7S. The average molecular weight is 617 g/mol. The van der Waals surface area contributed by atoms with Crippen molar-refractivity contribution in [1.29, 1.82) is 0 Å². The highest BCUT2D eigenvalue weighted by Gasteiger charge is 2.27. The SMILES string of the molecule is CS(=O)(=O)c1ccc(CNc2c(N[C@@H](Cc3ccc(NC(=O)c4c(Cl)cncc4Cl)cc3)C(=O)O)c(=O)c2=O)cc1. The summed E-state index contributed by atoms with van der Waals surface area (Å²) < 4.78 is 23.2. The Balaban J connectivity index is 1.41. The third kappa shape index (κ3) is 6.91. The van der Waals surface area contributed by atoms with Gasteiger partial charge in [0.1, 0.15) is 17.4 Å². The minimum absolute atomic E-state index is 0.0449. The van der Waals surface area contributed by atoms with Crippen LogP contribution < -0.4 is 26.8 Å². The van der Waals surface area contributed by atoms with E-state index in [2.05, 4.69) is 20.9 Å². The number of amides is 1. The van der Waals surface area contributed by atoms with E-state index in [1.807, 2.05) is 0 Å². The molecule has 1 amide bonds. The third-order valence-electron chi connectivity index (χ3n) is 6.08. The molecule has 0 saturated carbocycles. The average Bonchev–Trinajstić information content (AvgIpc) is 2.92. The summed E-state index contributed by atoms with van der Waals surface area (Å²) in [5, 5.41) is 18.0. The van der Waals surface area contributed by atoms with Crippen molar-refractivity contribution in [2.75, 3.05) is 22.2 Å². The van der Waals surface area contributed by atoms with Gasteiger partial charge in [0, 0.05) is 37.3 Å². The summed E-state index contributed by atoms with van der Waals surface area (Å²) in [6.45, 7) is 0.102. The number of hydrogen-bond acceptors (Lipinski definition) is 9. The smallest absolute Gasteiger partial charge is 0.326 e. The van der Waals surface area contributed by atoms with Crippen LogP contribution in [0.1, 0.15) is 21.5 Å². The number of anilines is 3. The topological polar surface area (TPSA) is 172 Å². The number of benzene rings is 2. The number of sulfone groups is 1. The fraction of sp³-hybridized carbons (Fsp3) is 0.148. The fourth-order valence-electron chi connectivity index (χ4n) is 3.90. The second kappa shape index (κ2) is 12.1. The number of carbonyl (C=O) groups excluding carboxylic acids is 1. The van der Waals surface area contributed by atoms with Crippen molar-refractivity contribution in [2.45, 2.75) is 23.9 Å². The number of rotatable bonds is 11. The lowest BCUT2D eigenvalue weighted by atomic mass is 10.0. The number of halogens is 2. The zero-order valence-electron chi connectivity index (χ0n) is 21.3. The highest BCUT2D eigenvalue weighted by atomic mass is 35.5. The van der Waals surface area contributed by atoms with E-state index in [-0.39, 0.29) is 44.8 Å². The van der Waals surface area contributed by atoms with Crippen molar-refractivity contribution in [1.82, 2.24) is 4.98 Å². The Hall–Kier alpha value is -4.26. The van der Waals surface area contributed by atoms with Gasteiger partial charge >= 0.3 is 5.97 Å². The summed E-state index contributed by atoms with van der Waals surface area (Å²) in [6, 6.07) is 11.1. The monoisotopic (exact) mass is 616 g/mol. The zero-order valence-corrected chi connectivity index (χ0v) is 23.6. The molecule has 4 aromatic rings. The molecule has 0 radical (unpaired) electrons. The van der Waals surface area contributed by atoms with Gasteiger partial charge in [-0.2, -0.15) is 0 Å². The van der Waals surface area contributed by atoms with E-state index in [0.717, 1.165) is 6.26 Å². The molecule has 0 aliphatic heterocycles. The first-order chi connectivity index (χ1) is 19.3. The number of aliphatic carboxylic acids is 1. The Kier molecular flexibility index (Phi) is 8.76. The number of carboxylic acid groups (broad SMARTS) is 1. The molecule has 41 heavy (non-hydrogen) atoms. The Labute approximate surface area is 243 Å². The molecule has 4 N–H and O–H groups in total. The summed E-state index contributed by atoms with van der Waals surface area (Å²) in [4.78, 5) is 52.9. The van der Waals surface area contributed by atoms with Gasteiger partial charge < -0.3 is 21.1 Å². The Morgan fingerprint density at radius 1 is 0.902 bits per heavy atom. The first-order valence-corrected chi connectivity index (χ1v) is 14.5. The predicted octanol–water partition coefficient (Wildman–Crippen LogP) is 3.36. The van der Waals surface area contributed by atoms with Crippen LogP contribution in [0.3, 0.4) is 0 Å². The molecule has 0 fully saturated rings. The molecule has 1 atom stereocenters. The highest BCUT2D eigenvalue weighted by molar-refractivity contribution is 7.90. The highest BCUT2D eigenvalue weighted by Crippen LogP contribution is 2.25. The van der Waals surface area contributed by atoms with Gasteiger partial charge in [-0.15, -0.1) is 0 Å². The Morgan fingerprint density at radius 3 is 2.02 bits per heavy atom. The largest absolute Gasteiger partial charge is 0.480 e. The van der Waals surface area contributed by atoms with E-state index < -0.39 is 38.6 Å². The molecule has 1 aromatic heterocycles. The molecule has 0 bridgehead atoms. The standard InChI is InChI=1S/C27H22Cl2N4O7S/c1-41(39,40)17-8-4-15(5-9-17)11-31-22-23(25(35)24(22)34)33-20(27(37)38)10-14-2-6-16(7-3-14)32-26(36)21-18(28)12-30-13-19(21)29/h2-9,12-13,20,31,33H,10-11H2,1H3,(H,32,36)(H,37,38)/t20-/m0/s1. The van der Waals surface area contributed by atoms with Crippen LogP contribution >= 0.6 is 23.2 Å². The molecule has 0 unspecified atom stereocenters. The first-order valence-electron chi connectivity index (χ1n) is 11.9. The molecule has 1 heterocycles. The molecule has 0 aliphatic rings. The van der Waals surface area contributed by atoms with Crippen molar-refractivity contribution < 1.29 is 23.1 Å². The number of hydrogen-bond donors (Lipinski definition) is 4. The lowest BCUT2D eigenvalue weighted by Crippen LogP contribution is -2.42. The molecule has 212 valence electrons. The van der Waals surface area contributed by atoms with Crippen LogP contribution in [0, 0.1) is 0 Å². The maximum atomic E-state index is 12.6. The quantitative estimate of drug-likeness (QED) is 0.183. The van der Waals surface area contributed by atoms with E-state index in [1.165, 1.54) is 24.5 Å². The Bertz CT molecular complexity index is 1780. The first kappa shape index (κ1) is 29.7. The second-order valence-corrected chi connectivity index (χ2v) is 11.9. The van der Waals surface area contributed by atoms with Gasteiger partial charge in [0.15, 0.2) is 9.84 Å². The summed E-state index contributed by atoms with van der Waals surface area (Å²) in [6.07, 6.45) is 3.62. The summed E-state index contributed by atoms with van der Waals surface area (Å²) in [5.41, 5.74) is -0.164. The van der Waals surface area contributed by atoms with E-state index in [4.69, 9.17) is 23.2 Å². The van der Waals surface area contributed by atoms with Crippen molar-refractivity contribution in [3.05, 3.63) is 108 Å². The minimum atomic E-state index is -3.36. The van der Waals surface area contributed by atoms with Crippen molar-refractivity contribution in [3.63, 3.8) is 0 Å². The fourth-order valence-corrected chi connectivity index (χ4v) is 5.07. The molecule has 4 rings (SSSR count). The van der Waals surface area contributed by atoms with Crippen LogP contribution in [0.4, 0.5) is 17.1 Å². The number of pyridine rings is 1. The lowest BCUT2D eigenvalue weighted by molar-refractivity contribution is -0.137. The normalized spacial score (nSPS) is 12.1. The van der Waals surface area contributed by atoms with E-state index in [1.54, 1.807) is 36.4 Å². The summed E-state index contributed by atoms with van der Waals surface area (Å²) >= 11 is 12.0. The number of nitrogens with zero attached hydrogens (tertiary/aromatic N) is 1. The van der Waals surface area contributed by atoms with Gasteiger partial charge in [-0.05, 0) is 35.4 Å². The molecule has 11 nitrogen and oxygen atoms in total. The van der Waals surface area contributed by atoms with Gasteiger partial charge in [0.2, 0.25) is 0 Å². The van der Waals surface area contributed by atoms with Crippen molar-refractivity contribution in [3.8, 4) is 0 Å². The van der Waals surface area contributed by atoms with Crippen LogP contribution in [-0.4, -0.2) is 42.7 Å². The van der Waals surface area contributed by atoms with Gasteiger partial charge in [-0.1, -0.05) is 47.5 Å². The number of carbonyl (C=O) groups is 2. The minimum Gasteiger partial charge on any atom is -0.480 e. The van der Waals surface area contributed by atoms with Gasteiger partial charge in [0.25, 0.3) is 16.8 Å².